The Hall–Kier alpha value is -0.500. The first-order chi connectivity index (χ1) is 8.66. The van der Waals surface area contributed by atoms with Gasteiger partial charge in [-0.05, 0) is 25.7 Å². The molecule has 0 bridgehead atoms. The Morgan fingerprint density at radius 3 is 2.50 bits per heavy atom. The molecule has 1 N–H and O–H groups in total. The molecule has 2 nitrogen and oxygen atoms in total. The number of aliphatic carboxylic acids is 1. The smallest absolute Gasteiger partial charge is 0.303 e. The van der Waals surface area contributed by atoms with E-state index in [2.05, 4.69) is 19.1 Å². The summed E-state index contributed by atoms with van der Waals surface area (Å²) in [6.07, 6.45) is 14.5. The molecular weight excluding hydrogens is 248 g/mol. The quantitative estimate of drug-likeness (QED) is 0.303. The van der Waals surface area contributed by atoms with Crippen molar-refractivity contribution >= 4 is 17.6 Å². The highest BCUT2D eigenvalue weighted by atomic mass is 35.5. The number of hydrogen-bond acceptors (Lipinski definition) is 1. The Balaban J connectivity index is 3.24. The Bertz CT molecular complexity index is 227. The van der Waals surface area contributed by atoms with Gasteiger partial charge in [-0.1, -0.05) is 51.2 Å². The molecule has 0 saturated heterocycles. The number of hydrogen-bond donors (Lipinski definition) is 1. The summed E-state index contributed by atoms with van der Waals surface area (Å²) in [5.41, 5.74) is 0. The molecule has 0 aliphatic rings. The van der Waals surface area contributed by atoms with Gasteiger partial charge in [0.2, 0.25) is 0 Å². The van der Waals surface area contributed by atoms with Gasteiger partial charge in [-0.2, -0.15) is 0 Å². The van der Waals surface area contributed by atoms with E-state index in [1.165, 1.54) is 25.7 Å². The first-order valence-electron chi connectivity index (χ1n) is 7.19. The van der Waals surface area contributed by atoms with E-state index >= 15 is 0 Å². The molecule has 1 atom stereocenters. The minimum atomic E-state index is -0.682. The summed E-state index contributed by atoms with van der Waals surface area (Å²) in [5.74, 6) is -0.682. The van der Waals surface area contributed by atoms with Crippen molar-refractivity contribution in [1.82, 2.24) is 0 Å². The van der Waals surface area contributed by atoms with Crippen LogP contribution in [0.25, 0.3) is 0 Å². The largest absolute Gasteiger partial charge is 0.481 e. The van der Waals surface area contributed by atoms with Gasteiger partial charge in [-0.25, -0.2) is 0 Å². The fourth-order valence-electron chi connectivity index (χ4n) is 1.81. The number of halogens is 1. The highest BCUT2D eigenvalue weighted by molar-refractivity contribution is 6.21. The predicted molar refractivity (Wildman–Crippen MR) is 78.3 cm³/mol. The van der Waals surface area contributed by atoms with Gasteiger partial charge in [0.25, 0.3) is 0 Å². The van der Waals surface area contributed by atoms with Crippen LogP contribution in [0.3, 0.4) is 0 Å². The van der Waals surface area contributed by atoms with Crippen molar-refractivity contribution in [2.24, 2.45) is 0 Å². The molecule has 0 aliphatic heterocycles. The Morgan fingerprint density at radius 2 is 1.83 bits per heavy atom. The number of alkyl halides is 1. The van der Waals surface area contributed by atoms with E-state index in [1.54, 1.807) is 0 Å². The second-order valence-corrected chi connectivity index (χ2v) is 5.35. The SMILES string of the molecule is CCCCC(Cl)/C=C/CCCCCCCC(=O)O. The molecule has 0 radical (unpaired) electrons. The van der Waals surface area contributed by atoms with Crippen molar-refractivity contribution in [2.75, 3.05) is 0 Å². The summed E-state index contributed by atoms with van der Waals surface area (Å²) in [4.78, 5) is 10.3. The van der Waals surface area contributed by atoms with Gasteiger partial charge in [-0.3, -0.25) is 4.79 Å². The average Bonchev–Trinajstić information content (AvgIpc) is 2.34. The van der Waals surface area contributed by atoms with Gasteiger partial charge in [-0.15, -0.1) is 11.6 Å². The zero-order chi connectivity index (χ0) is 13.6. The summed E-state index contributed by atoms with van der Waals surface area (Å²) < 4.78 is 0. The molecule has 0 amide bonds. The Morgan fingerprint density at radius 1 is 1.17 bits per heavy atom. The third-order valence-corrected chi connectivity index (χ3v) is 3.30. The van der Waals surface area contributed by atoms with Crippen LogP contribution in [0.2, 0.25) is 0 Å². The Labute approximate surface area is 116 Å². The van der Waals surface area contributed by atoms with E-state index in [0.717, 1.165) is 32.1 Å². The number of allylic oxidation sites excluding steroid dienone is 2. The highest BCUT2D eigenvalue weighted by Gasteiger charge is 1.98. The molecule has 18 heavy (non-hydrogen) atoms. The molecule has 0 rings (SSSR count). The molecule has 1 unspecified atom stereocenters. The van der Waals surface area contributed by atoms with E-state index in [4.69, 9.17) is 16.7 Å². The number of rotatable bonds is 12. The molecule has 0 heterocycles. The van der Waals surface area contributed by atoms with Gasteiger partial charge in [0.05, 0.1) is 5.38 Å². The van der Waals surface area contributed by atoms with Crippen LogP contribution in [0.1, 0.15) is 71.1 Å². The maximum absolute atomic E-state index is 10.3. The van der Waals surface area contributed by atoms with Gasteiger partial charge in [0, 0.05) is 6.42 Å². The standard InChI is InChI=1S/C15H27ClO2/c1-2-3-11-14(16)12-9-7-5-4-6-8-10-13-15(17)18/h9,12,14H,2-8,10-11,13H2,1H3,(H,17,18)/b12-9+. The van der Waals surface area contributed by atoms with Crippen molar-refractivity contribution in [3.63, 3.8) is 0 Å². The van der Waals surface area contributed by atoms with Crippen LogP contribution in [0.15, 0.2) is 12.2 Å². The summed E-state index contributed by atoms with van der Waals surface area (Å²) in [6, 6.07) is 0. The first kappa shape index (κ1) is 17.5. The monoisotopic (exact) mass is 274 g/mol. The minimum Gasteiger partial charge on any atom is -0.481 e. The van der Waals surface area contributed by atoms with Crippen LogP contribution in [-0.2, 0) is 4.79 Å². The molecule has 0 aromatic heterocycles. The average molecular weight is 275 g/mol. The number of carboxylic acids is 1. The van der Waals surface area contributed by atoms with Crippen molar-refractivity contribution in [1.29, 1.82) is 0 Å². The third-order valence-electron chi connectivity index (χ3n) is 2.94. The van der Waals surface area contributed by atoms with Crippen LogP contribution < -0.4 is 0 Å². The zero-order valence-electron chi connectivity index (χ0n) is 11.5. The van der Waals surface area contributed by atoms with E-state index in [1.807, 2.05) is 0 Å². The zero-order valence-corrected chi connectivity index (χ0v) is 12.3. The van der Waals surface area contributed by atoms with Gasteiger partial charge >= 0.3 is 5.97 Å². The van der Waals surface area contributed by atoms with Crippen molar-refractivity contribution in [3.05, 3.63) is 12.2 Å². The summed E-state index contributed by atoms with van der Waals surface area (Å²) in [5, 5.41) is 8.67. The van der Waals surface area contributed by atoms with Gasteiger partial charge in [0.1, 0.15) is 0 Å². The second kappa shape index (κ2) is 12.9. The Kier molecular flexibility index (Phi) is 12.6. The van der Waals surface area contributed by atoms with E-state index in [0.29, 0.717) is 6.42 Å². The van der Waals surface area contributed by atoms with Crippen LogP contribution in [0.4, 0.5) is 0 Å². The molecule has 0 aromatic carbocycles. The van der Waals surface area contributed by atoms with Crippen LogP contribution in [0, 0.1) is 0 Å². The van der Waals surface area contributed by atoms with Crippen LogP contribution >= 0.6 is 11.6 Å². The molecule has 0 aliphatic carbocycles. The first-order valence-corrected chi connectivity index (χ1v) is 7.63. The predicted octanol–water partition coefficient (Wildman–Crippen LogP) is 5.16. The van der Waals surface area contributed by atoms with Crippen molar-refractivity contribution in [3.8, 4) is 0 Å². The lowest BCUT2D eigenvalue weighted by atomic mass is 10.1. The lowest BCUT2D eigenvalue weighted by molar-refractivity contribution is -0.137. The fourth-order valence-corrected chi connectivity index (χ4v) is 2.07. The van der Waals surface area contributed by atoms with Crippen molar-refractivity contribution < 1.29 is 9.90 Å². The lowest BCUT2D eigenvalue weighted by Crippen LogP contribution is -1.93. The van der Waals surface area contributed by atoms with Crippen LogP contribution in [0.5, 0.6) is 0 Å². The molecule has 106 valence electrons. The third kappa shape index (κ3) is 13.6. The van der Waals surface area contributed by atoms with E-state index in [9.17, 15) is 4.79 Å². The van der Waals surface area contributed by atoms with Gasteiger partial charge in [0.15, 0.2) is 0 Å². The molecule has 0 aromatic rings. The number of carboxylic acid groups (broad SMARTS) is 1. The maximum Gasteiger partial charge on any atom is 0.303 e. The topological polar surface area (TPSA) is 37.3 Å². The number of carbonyl (C=O) groups is 1. The molecule has 3 heteroatoms. The molecular formula is C15H27ClO2. The fraction of sp³-hybridized carbons (Fsp3) is 0.800. The summed E-state index contributed by atoms with van der Waals surface area (Å²) in [6.45, 7) is 2.18. The minimum absolute atomic E-state index is 0.195. The lowest BCUT2D eigenvalue weighted by Gasteiger charge is -2.02. The highest BCUT2D eigenvalue weighted by Crippen LogP contribution is 2.11. The van der Waals surface area contributed by atoms with E-state index < -0.39 is 5.97 Å². The van der Waals surface area contributed by atoms with E-state index in [-0.39, 0.29) is 5.38 Å². The van der Waals surface area contributed by atoms with Crippen molar-refractivity contribution in [2.45, 2.75) is 76.5 Å². The summed E-state index contributed by atoms with van der Waals surface area (Å²) >= 11 is 6.13. The summed E-state index contributed by atoms with van der Waals surface area (Å²) in [7, 11) is 0. The normalized spacial score (nSPS) is 13.0. The molecule has 0 saturated carbocycles. The molecule has 0 fully saturated rings. The van der Waals surface area contributed by atoms with Gasteiger partial charge < -0.3 is 5.11 Å². The maximum atomic E-state index is 10.3. The molecule has 0 spiro atoms. The number of unbranched alkanes of at least 4 members (excludes halogenated alkanes) is 6. The van der Waals surface area contributed by atoms with Crippen LogP contribution in [-0.4, -0.2) is 16.5 Å². The second-order valence-electron chi connectivity index (χ2n) is 4.79.